The number of fused-ring (bicyclic) bond motifs is 1. The summed E-state index contributed by atoms with van der Waals surface area (Å²) in [6.45, 7) is 5.23. The van der Waals surface area contributed by atoms with Crippen molar-refractivity contribution in [1.29, 1.82) is 0 Å². The number of piperidine rings is 1. The molecule has 0 bridgehead atoms. The van der Waals surface area contributed by atoms with E-state index in [4.69, 9.17) is 20.2 Å². The minimum atomic E-state index is -0.571. The zero-order valence-corrected chi connectivity index (χ0v) is 22.4. The number of carbonyl (C=O) groups is 2. The van der Waals surface area contributed by atoms with Gasteiger partial charge in [0.1, 0.15) is 11.4 Å². The highest BCUT2D eigenvalue weighted by Gasteiger charge is 2.29. The summed E-state index contributed by atoms with van der Waals surface area (Å²) in [5, 5.41) is 3.18. The quantitative estimate of drug-likeness (QED) is 0.308. The van der Waals surface area contributed by atoms with Crippen LogP contribution in [0.5, 0.6) is 17.2 Å². The van der Waals surface area contributed by atoms with E-state index in [1.807, 2.05) is 85.6 Å². The summed E-state index contributed by atoms with van der Waals surface area (Å²) < 4.78 is 13.0. The van der Waals surface area contributed by atoms with Crippen LogP contribution < -0.4 is 15.2 Å². The number of nitrogens with zero attached hydrogens (tertiary/aromatic N) is 3. The van der Waals surface area contributed by atoms with E-state index < -0.39 is 5.91 Å². The summed E-state index contributed by atoms with van der Waals surface area (Å²) in [6.07, 6.45) is 7.39. The maximum Gasteiger partial charge on any atom is 0.269 e. The molecular formula is C30H33N5O4. The Balaban J connectivity index is 1.38. The molecule has 1 unspecified atom stereocenters. The van der Waals surface area contributed by atoms with Crippen LogP contribution in [0, 0.1) is 5.92 Å². The summed E-state index contributed by atoms with van der Waals surface area (Å²) >= 11 is 0. The number of carbonyl (C=O) groups excluding carboxylic acids is 2. The number of aromatic nitrogens is 3. The van der Waals surface area contributed by atoms with Crippen LogP contribution in [0.25, 0.3) is 16.9 Å². The number of hydrogen-bond donors (Lipinski definition) is 2. The molecule has 0 saturated carbocycles. The molecule has 1 fully saturated rings. The molecule has 5 rings (SSSR count). The summed E-state index contributed by atoms with van der Waals surface area (Å²) in [5.74, 6) is 1.55. The fraction of sp³-hybridized carbons (Fsp3) is 0.300. The number of H-pyrrole nitrogens is 1. The summed E-state index contributed by atoms with van der Waals surface area (Å²) in [5.41, 5.74) is 9.06. The highest BCUT2D eigenvalue weighted by Crippen LogP contribution is 2.35. The summed E-state index contributed by atoms with van der Waals surface area (Å²) in [6, 6.07) is 14.8. The van der Waals surface area contributed by atoms with Crippen LogP contribution >= 0.6 is 0 Å². The number of likely N-dealkylation sites (tertiary alicyclic amines) is 1. The zero-order valence-electron chi connectivity index (χ0n) is 22.4. The van der Waals surface area contributed by atoms with Crippen molar-refractivity contribution in [2.24, 2.45) is 11.7 Å². The van der Waals surface area contributed by atoms with Crippen molar-refractivity contribution in [3.05, 3.63) is 78.1 Å². The van der Waals surface area contributed by atoms with Gasteiger partial charge in [0.15, 0.2) is 22.8 Å². The number of benzene rings is 2. The Morgan fingerprint density at radius 1 is 1.10 bits per heavy atom. The highest BCUT2D eigenvalue weighted by molar-refractivity contribution is 5.98. The monoisotopic (exact) mass is 527 g/mol. The third kappa shape index (κ3) is 5.12. The van der Waals surface area contributed by atoms with Crippen molar-refractivity contribution in [2.75, 3.05) is 20.2 Å². The van der Waals surface area contributed by atoms with Gasteiger partial charge in [-0.2, -0.15) is 0 Å². The first-order valence-electron chi connectivity index (χ1n) is 13.1. The van der Waals surface area contributed by atoms with Crippen molar-refractivity contribution >= 4 is 17.5 Å². The number of methoxy groups -OCH3 is 1. The van der Waals surface area contributed by atoms with Gasteiger partial charge in [0.2, 0.25) is 5.91 Å². The number of rotatable bonds is 8. The molecule has 1 aliphatic heterocycles. The van der Waals surface area contributed by atoms with Crippen LogP contribution in [0.3, 0.4) is 0 Å². The SMILES string of the molecule is C/C=C/C(C)C(=O)N1CCC(c2c[nH]n3c(C(N)=O)c(-c4ccc(Oc5ccccc5OC)cc4)nc23)CC1. The van der Waals surface area contributed by atoms with E-state index >= 15 is 0 Å². The zero-order chi connectivity index (χ0) is 27.5. The first-order chi connectivity index (χ1) is 18.9. The Bertz CT molecular complexity index is 1510. The molecule has 9 nitrogen and oxygen atoms in total. The van der Waals surface area contributed by atoms with E-state index in [1.54, 1.807) is 11.6 Å². The molecule has 1 atom stereocenters. The third-order valence-corrected chi connectivity index (χ3v) is 7.26. The minimum absolute atomic E-state index is 0.120. The number of nitrogens with one attached hydrogen (secondary N) is 1. The van der Waals surface area contributed by atoms with Crippen molar-refractivity contribution in [3.8, 4) is 28.5 Å². The lowest BCUT2D eigenvalue weighted by atomic mass is 9.90. The lowest BCUT2D eigenvalue weighted by Gasteiger charge is -2.32. The lowest BCUT2D eigenvalue weighted by Crippen LogP contribution is -2.40. The van der Waals surface area contributed by atoms with Gasteiger partial charge in [0, 0.05) is 30.4 Å². The lowest BCUT2D eigenvalue weighted by molar-refractivity contribution is -0.134. The van der Waals surface area contributed by atoms with Crippen molar-refractivity contribution in [3.63, 3.8) is 0 Å². The summed E-state index contributed by atoms with van der Waals surface area (Å²) in [7, 11) is 1.60. The van der Waals surface area contributed by atoms with E-state index in [-0.39, 0.29) is 17.7 Å². The van der Waals surface area contributed by atoms with Gasteiger partial charge in [-0.05, 0) is 62.1 Å². The van der Waals surface area contributed by atoms with Crippen LogP contribution in [0.2, 0.25) is 0 Å². The molecule has 1 aliphatic rings. The molecule has 2 amide bonds. The largest absolute Gasteiger partial charge is 0.493 e. The molecule has 4 aromatic rings. The average Bonchev–Trinajstić information content (AvgIpc) is 3.53. The minimum Gasteiger partial charge on any atom is -0.493 e. The number of aromatic amines is 1. The molecule has 2 aromatic carbocycles. The van der Waals surface area contributed by atoms with Crippen LogP contribution in [0.4, 0.5) is 0 Å². The number of para-hydroxylation sites is 2. The topological polar surface area (TPSA) is 115 Å². The number of imidazole rings is 1. The van der Waals surface area contributed by atoms with E-state index in [0.717, 1.165) is 24.0 Å². The predicted molar refractivity (Wildman–Crippen MR) is 149 cm³/mol. The van der Waals surface area contributed by atoms with Crippen LogP contribution in [-0.2, 0) is 4.79 Å². The maximum absolute atomic E-state index is 12.7. The van der Waals surface area contributed by atoms with Gasteiger partial charge in [-0.3, -0.25) is 14.7 Å². The second-order valence-corrected chi connectivity index (χ2v) is 9.75. The fourth-order valence-electron chi connectivity index (χ4n) is 5.25. The maximum atomic E-state index is 12.7. The molecule has 39 heavy (non-hydrogen) atoms. The number of ether oxygens (including phenoxy) is 2. The van der Waals surface area contributed by atoms with Gasteiger partial charge in [-0.1, -0.05) is 31.2 Å². The van der Waals surface area contributed by atoms with Crippen molar-refractivity contribution in [1.82, 2.24) is 19.5 Å². The summed E-state index contributed by atoms with van der Waals surface area (Å²) in [4.78, 5) is 32.0. The molecule has 0 radical (unpaired) electrons. The molecule has 9 heteroatoms. The number of nitrogens with two attached hydrogens (primary N) is 1. The van der Waals surface area contributed by atoms with Crippen LogP contribution in [0.15, 0.2) is 66.9 Å². The number of primary amides is 1. The Morgan fingerprint density at radius 2 is 1.79 bits per heavy atom. The van der Waals surface area contributed by atoms with Gasteiger partial charge in [-0.25, -0.2) is 9.50 Å². The number of amides is 2. The third-order valence-electron chi connectivity index (χ3n) is 7.26. The van der Waals surface area contributed by atoms with Crippen molar-refractivity contribution < 1.29 is 19.1 Å². The van der Waals surface area contributed by atoms with Gasteiger partial charge in [0.25, 0.3) is 5.91 Å². The molecule has 3 N–H and O–H groups in total. The van der Waals surface area contributed by atoms with Gasteiger partial charge in [-0.15, -0.1) is 0 Å². The van der Waals surface area contributed by atoms with Crippen molar-refractivity contribution in [2.45, 2.75) is 32.6 Å². The Morgan fingerprint density at radius 3 is 2.44 bits per heavy atom. The van der Waals surface area contributed by atoms with Gasteiger partial charge >= 0.3 is 0 Å². The fourth-order valence-corrected chi connectivity index (χ4v) is 5.25. The highest BCUT2D eigenvalue weighted by atomic mass is 16.5. The molecule has 0 aliphatic carbocycles. The van der Waals surface area contributed by atoms with E-state index in [9.17, 15) is 9.59 Å². The van der Waals surface area contributed by atoms with Crippen LogP contribution in [0.1, 0.15) is 48.7 Å². The van der Waals surface area contributed by atoms with E-state index in [0.29, 0.717) is 47.4 Å². The van der Waals surface area contributed by atoms with Crippen LogP contribution in [-0.4, -0.2) is 51.5 Å². The molecule has 1 saturated heterocycles. The molecule has 3 heterocycles. The molecule has 202 valence electrons. The van der Waals surface area contributed by atoms with Gasteiger partial charge < -0.3 is 20.1 Å². The van der Waals surface area contributed by atoms with Gasteiger partial charge in [0.05, 0.1) is 13.0 Å². The number of hydrogen-bond acceptors (Lipinski definition) is 5. The number of allylic oxidation sites excluding steroid dienone is 1. The molecular weight excluding hydrogens is 494 g/mol. The van der Waals surface area contributed by atoms with E-state index in [1.165, 1.54) is 0 Å². The molecule has 0 spiro atoms. The average molecular weight is 528 g/mol. The predicted octanol–water partition coefficient (Wildman–Crippen LogP) is 5.15. The molecule has 2 aromatic heterocycles. The Hall–Kier alpha value is -4.53. The smallest absolute Gasteiger partial charge is 0.269 e. The second kappa shape index (κ2) is 11.1. The first-order valence-corrected chi connectivity index (χ1v) is 13.1. The first kappa shape index (κ1) is 26.1. The second-order valence-electron chi connectivity index (χ2n) is 9.75. The Kier molecular flexibility index (Phi) is 7.40. The Labute approximate surface area is 227 Å². The van der Waals surface area contributed by atoms with E-state index in [2.05, 4.69) is 5.10 Å². The normalized spacial score (nSPS) is 15.1. The standard InChI is InChI=1S/C30H33N5O4/c1-4-7-19(2)30(37)34-16-14-20(15-17-34)23-18-32-35-27(28(31)36)26(33-29(23)35)21-10-12-22(13-11-21)39-25-9-6-5-8-24(25)38-3/h4-13,18-20,32H,14-17H2,1-3H3,(H2,31,36)/b7-4+.